The third-order valence-electron chi connectivity index (χ3n) is 8.43. The summed E-state index contributed by atoms with van der Waals surface area (Å²) < 4.78 is 28.4. The molecule has 3 rings (SSSR count). The molecule has 0 spiro atoms. The lowest BCUT2D eigenvalue weighted by Gasteiger charge is -2.32. The second-order valence-corrected chi connectivity index (χ2v) is 10.7. The summed E-state index contributed by atoms with van der Waals surface area (Å²) in [5, 5.41) is 8.88. The summed E-state index contributed by atoms with van der Waals surface area (Å²) >= 11 is 0. The van der Waals surface area contributed by atoms with Crippen molar-refractivity contribution in [3.8, 4) is 6.07 Å². The molecule has 1 aromatic rings. The SMILES string of the molecule is CCCCCCCC[C@H]1CC[C@H](CC[C@H]2CC[C@H](c3ccc(C#N)c(F)c3F)CC2)CC1. The molecule has 0 radical (unpaired) electrons. The van der Waals surface area contributed by atoms with Crippen molar-refractivity contribution in [3.63, 3.8) is 0 Å². The largest absolute Gasteiger partial charge is 0.203 e. The highest BCUT2D eigenvalue weighted by atomic mass is 19.2. The fourth-order valence-electron chi connectivity index (χ4n) is 6.22. The van der Waals surface area contributed by atoms with Gasteiger partial charge in [-0.1, -0.05) is 96.5 Å². The van der Waals surface area contributed by atoms with Crippen LogP contribution in [0.3, 0.4) is 0 Å². The van der Waals surface area contributed by atoms with Crippen molar-refractivity contribution in [1.29, 1.82) is 5.26 Å². The van der Waals surface area contributed by atoms with Crippen LogP contribution in [0.4, 0.5) is 8.78 Å². The van der Waals surface area contributed by atoms with E-state index in [2.05, 4.69) is 6.92 Å². The van der Waals surface area contributed by atoms with Crippen LogP contribution in [0.25, 0.3) is 0 Å². The van der Waals surface area contributed by atoms with E-state index >= 15 is 0 Å². The smallest absolute Gasteiger partial charge is 0.176 e. The Balaban J connectivity index is 1.30. The van der Waals surface area contributed by atoms with E-state index in [0.717, 1.165) is 43.4 Å². The molecule has 0 heterocycles. The zero-order valence-electron chi connectivity index (χ0n) is 20.2. The minimum Gasteiger partial charge on any atom is -0.203 e. The van der Waals surface area contributed by atoms with Crippen LogP contribution >= 0.6 is 0 Å². The van der Waals surface area contributed by atoms with Crippen LogP contribution in [-0.4, -0.2) is 0 Å². The summed E-state index contributed by atoms with van der Waals surface area (Å²) in [7, 11) is 0. The average Bonchev–Trinajstić information content (AvgIpc) is 2.83. The molecule has 0 aromatic heterocycles. The zero-order chi connectivity index (χ0) is 22.8. The average molecular weight is 444 g/mol. The van der Waals surface area contributed by atoms with Crippen molar-refractivity contribution < 1.29 is 8.78 Å². The van der Waals surface area contributed by atoms with Gasteiger partial charge in [-0.25, -0.2) is 8.78 Å². The number of hydrogen-bond donors (Lipinski definition) is 0. The molecule has 0 unspecified atom stereocenters. The summed E-state index contributed by atoms with van der Waals surface area (Å²) in [6.07, 6.45) is 22.4. The van der Waals surface area contributed by atoms with Crippen LogP contribution < -0.4 is 0 Å². The first-order valence-corrected chi connectivity index (χ1v) is 13.5. The van der Waals surface area contributed by atoms with E-state index in [1.807, 2.05) is 0 Å². The normalized spacial score (nSPS) is 26.1. The third kappa shape index (κ3) is 7.29. The highest BCUT2D eigenvalue weighted by Crippen LogP contribution is 2.41. The van der Waals surface area contributed by atoms with Gasteiger partial charge in [0.05, 0.1) is 5.56 Å². The Morgan fingerprint density at radius 3 is 1.84 bits per heavy atom. The Morgan fingerprint density at radius 1 is 0.719 bits per heavy atom. The van der Waals surface area contributed by atoms with Crippen LogP contribution in [0.15, 0.2) is 12.1 Å². The first kappa shape index (κ1) is 25.2. The molecule has 0 saturated heterocycles. The van der Waals surface area contributed by atoms with Gasteiger partial charge in [-0.3, -0.25) is 0 Å². The quantitative estimate of drug-likeness (QED) is 0.312. The van der Waals surface area contributed by atoms with E-state index in [1.165, 1.54) is 89.5 Å². The van der Waals surface area contributed by atoms with Gasteiger partial charge in [0.2, 0.25) is 0 Å². The lowest BCUT2D eigenvalue weighted by molar-refractivity contribution is 0.221. The van der Waals surface area contributed by atoms with Crippen LogP contribution in [0, 0.1) is 40.7 Å². The molecule has 0 atom stereocenters. The van der Waals surface area contributed by atoms with E-state index in [-0.39, 0.29) is 11.5 Å². The molecule has 2 aliphatic carbocycles. The topological polar surface area (TPSA) is 23.8 Å². The number of rotatable bonds is 11. The molecule has 0 bridgehead atoms. The Kier molecular flexibility index (Phi) is 10.5. The molecular formula is C29H43F2N. The Labute approximate surface area is 195 Å². The van der Waals surface area contributed by atoms with E-state index in [1.54, 1.807) is 12.1 Å². The molecule has 1 nitrogen and oxygen atoms in total. The second-order valence-electron chi connectivity index (χ2n) is 10.7. The van der Waals surface area contributed by atoms with E-state index in [0.29, 0.717) is 5.56 Å². The second kappa shape index (κ2) is 13.3. The summed E-state index contributed by atoms with van der Waals surface area (Å²) in [4.78, 5) is 0. The standard InChI is InChI=1S/C29H43F2N/c1-2-3-4-5-6-7-8-22-9-11-23(12-10-22)13-14-24-15-17-25(18-16-24)27-20-19-26(21-32)28(30)29(27)31/h19-20,22-25H,2-18H2,1H3/t22-,23-,24-,25-. The van der Waals surface area contributed by atoms with Gasteiger partial charge < -0.3 is 0 Å². The summed E-state index contributed by atoms with van der Waals surface area (Å²) in [6.45, 7) is 2.28. The van der Waals surface area contributed by atoms with Crippen molar-refractivity contribution in [2.24, 2.45) is 17.8 Å². The number of benzene rings is 1. The molecule has 0 N–H and O–H groups in total. The molecule has 0 amide bonds. The lowest BCUT2D eigenvalue weighted by atomic mass is 9.73. The first-order valence-electron chi connectivity index (χ1n) is 13.5. The zero-order valence-corrected chi connectivity index (χ0v) is 20.2. The predicted molar refractivity (Wildman–Crippen MR) is 128 cm³/mol. The minimum absolute atomic E-state index is 0.103. The van der Waals surface area contributed by atoms with Gasteiger partial charge in [-0.05, 0) is 61.0 Å². The van der Waals surface area contributed by atoms with Crippen molar-refractivity contribution in [2.45, 2.75) is 122 Å². The molecule has 3 heteroatoms. The fraction of sp³-hybridized carbons (Fsp3) is 0.759. The van der Waals surface area contributed by atoms with Crippen LogP contribution in [0.1, 0.15) is 133 Å². The van der Waals surface area contributed by atoms with Crippen LogP contribution in [-0.2, 0) is 0 Å². The van der Waals surface area contributed by atoms with Gasteiger partial charge in [-0.15, -0.1) is 0 Å². The Morgan fingerprint density at radius 2 is 1.25 bits per heavy atom. The molecule has 1 aromatic carbocycles. The van der Waals surface area contributed by atoms with Gasteiger partial charge in [0, 0.05) is 0 Å². The van der Waals surface area contributed by atoms with Gasteiger partial charge in [0.15, 0.2) is 11.6 Å². The number of hydrogen-bond acceptors (Lipinski definition) is 1. The number of nitriles is 1. The van der Waals surface area contributed by atoms with Gasteiger partial charge in [-0.2, -0.15) is 5.26 Å². The Bertz CT molecular complexity index is 721. The number of unbranched alkanes of at least 4 members (excludes halogenated alkanes) is 5. The molecule has 0 aliphatic heterocycles. The van der Waals surface area contributed by atoms with Crippen molar-refractivity contribution >= 4 is 0 Å². The molecular weight excluding hydrogens is 400 g/mol. The Hall–Kier alpha value is -1.43. The third-order valence-corrected chi connectivity index (χ3v) is 8.43. The highest BCUT2D eigenvalue weighted by molar-refractivity contribution is 5.36. The maximum absolute atomic E-state index is 14.4. The van der Waals surface area contributed by atoms with Gasteiger partial charge in [0.1, 0.15) is 6.07 Å². The fourth-order valence-corrected chi connectivity index (χ4v) is 6.22. The lowest BCUT2D eigenvalue weighted by Crippen LogP contribution is -2.18. The minimum atomic E-state index is -0.973. The van der Waals surface area contributed by atoms with Crippen LogP contribution in [0.5, 0.6) is 0 Å². The number of halogens is 2. The van der Waals surface area contributed by atoms with Gasteiger partial charge in [0.25, 0.3) is 0 Å². The monoisotopic (exact) mass is 443 g/mol. The maximum atomic E-state index is 14.4. The highest BCUT2D eigenvalue weighted by Gasteiger charge is 2.27. The molecule has 32 heavy (non-hydrogen) atoms. The maximum Gasteiger partial charge on any atom is 0.176 e. The first-order chi connectivity index (χ1) is 15.6. The van der Waals surface area contributed by atoms with Crippen molar-refractivity contribution in [2.75, 3.05) is 0 Å². The van der Waals surface area contributed by atoms with Crippen molar-refractivity contribution in [3.05, 3.63) is 34.9 Å². The molecule has 2 saturated carbocycles. The van der Waals surface area contributed by atoms with Crippen LogP contribution in [0.2, 0.25) is 0 Å². The predicted octanol–water partition coefficient (Wildman–Crippen LogP) is 9.45. The molecule has 178 valence electrons. The van der Waals surface area contributed by atoms with Gasteiger partial charge >= 0.3 is 0 Å². The molecule has 2 fully saturated rings. The summed E-state index contributed by atoms with van der Waals surface area (Å²) in [6, 6.07) is 4.79. The summed E-state index contributed by atoms with van der Waals surface area (Å²) in [5.74, 6) is 0.975. The van der Waals surface area contributed by atoms with E-state index in [9.17, 15) is 8.78 Å². The van der Waals surface area contributed by atoms with Crippen molar-refractivity contribution in [1.82, 2.24) is 0 Å². The summed E-state index contributed by atoms with van der Waals surface area (Å²) in [5.41, 5.74) is 0.283. The number of nitrogens with zero attached hydrogens (tertiary/aromatic N) is 1. The molecule has 2 aliphatic rings. The van der Waals surface area contributed by atoms with E-state index in [4.69, 9.17) is 5.26 Å². The van der Waals surface area contributed by atoms with E-state index < -0.39 is 11.6 Å².